The smallest absolute Gasteiger partial charge is 0.311 e. The highest BCUT2D eigenvalue weighted by molar-refractivity contribution is 5.94. The Bertz CT molecular complexity index is 682. The van der Waals surface area contributed by atoms with Gasteiger partial charge in [0.1, 0.15) is 0 Å². The molecule has 1 saturated heterocycles. The van der Waals surface area contributed by atoms with E-state index in [1.54, 1.807) is 41.2 Å². The fourth-order valence-electron chi connectivity index (χ4n) is 3.67. The number of piperidine rings is 1. The van der Waals surface area contributed by atoms with Gasteiger partial charge >= 0.3 is 5.97 Å². The van der Waals surface area contributed by atoms with E-state index < -0.39 is 18.0 Å². The number of amides is 2. The number of rotatable bonds is 6. The molecule has 1 aliphatic rings. The first-order valence-electron chi connectivity index (χ1n) is 9.94. The molecule has 154 valence electrons. The van der Waals surface area contributed by atoms with Crippen molar-refractivity contribution in [3.05, 3.63) is 30.1 Å². The Kier molecular flexibility index (Phi) is 7.54. The summed E-state index contributed by atoms with van der Waals surface area (Å²) < 4.78 is 5.49. The summed E-state index contributed by atoms with van der Waals surface area (Å²) in [6.07, 6.45) is 3.68. The lowest BCUT2D eigenvalue weighted by molar-refractivity contribution is -0.165. The van der Waals surface area contributed by atoms with Crippen LogP contribution in [0.1, 0.15) is 57.8 Å². The molecule has 0 spiro atoms. The van der Waals surface area contributed by atoms with Gasteiger partial charge in [-0.2, -0.15) is 0 Å². The number of carbonyl (C=O) groups excluding carboxylic acids is 3. The lowest BCUT2D eigenvalue weighted by Gasteiger charge is -2.34. The molecule has 7 heteroatoms. The Morgan fingerprint density at radius 1 is 1.11 bits per heavy atom. The highest BCUT2D eigenvalue weighted by Crippen LogP contribution is 2.21. The Balaban J connectivity index is 1.98. The van der Waals surface area contributed by atoms with Gasteiger partial charge in [-0.05, 0) is 59.6 Å². The van der Waals surface area contributed by atoms with Crippen LogP contribution in [0.2, 0.25) is 0 Å². The second-order valence-corrected chi connectivity index (χ2v) is 7.84. The zero-order chi connectivity index (χ0) is 20.8. The standard InChI is InChI=1S/C21H31N3O4/c1-14(2)24(15(3)4)19(25)16(5)28-21(27)18-7-6-12-23(13-18)20(26)17-8-10-22-11-9-17/h8-11,14-16,18H,6-7,12-13H2,1-5H3/t16-,18+/m0/s1. The molecule has 1 fully saturated rings. The van der Waals surface area contributed by atoms with Crippen molar-refractivity contribution >= 4 is 17.8 Å². The van der Waals surface area contributed by atoms with Crippen LogP contribution in [0.3, 0.4) is 0 Å². The van der Waals surface area contributed by atoms with Crippen molar-refractivity contribution in [1.82, 2.24) is 14.8 Å². The van der Waals surface area contributed by atoms with Gasteiger partial charge in [0.15, 0.2) is 6.10 Å². The predicted molar refractivity (Wildman–Crippen MR) is 106 cm³/mol. The number of carbonyl (C=O) groups is 3. The summed E-state index contributed by atoms with van der Waals surface area (Å²) in [6.45, 7) is 10.3. The number of likely N-dealkylation sites (tertiary alicyclic amines) is 1. The summed E-state index contributed by atoms with van der Waals surface area (Å²) in [4.78, 5) is 45.3. The van der Waals surface area contributed by atoms with Crippen LogP contribution in [0.25, 0.3) is 0 Å². The van der Waals surface area contributed by atoms with Crippen LogP contribution in [-0.4, -0.2) is 63.8 Å². The summed E-state index contributed by atoms with van der Waals surface area (Å²) >= 11 is 0. The molecule has 1 aromatic heterocycles. The molecule has 0 aliphatic carbocycles. The van der Waals surface area contributed by atoms with E-state index in [1.807, 2.05) is 27.7 Å². The van der Waals surface area contributed by atoms with Gasteiger partial charge in [-0.25, -0.2) is 0 Å². The summed E-state index contributed by atoms with van der Waals surface area (Å²) in [5.74, 6) is -1.14. The zero-order valence-corrected chi connectivity index (χ0v) is 17.4. The van der Waals surface area contributed by atoms with E-state index in [-0.39, 0.29) is 23.9 Å². The van der Waals surface area contributed by atoms with Crippen LogP contribution in [0.5, 0.6) is 0 Å². The molecule has 1 aromatic rings. The molecule has 0 saturated carbocycles. The summed E-state index contributed by atoms with van der Waals surface area (Å²) in [5.41, 5.74) is 0.553. The van der Waals surface area contributed by atoms with Gasteiger partial charge in [0.05, 0.1) is 5.92 Å². The quantitative estimate of drug-likeness (QED) is 0.699. The van der Waals surface area contributed by atoms with Gasteiger partial charge in [-0.3, -0.25) is 19.4 Å². The van der Waals surface area contributed by atoms with Crippen molar-refractivity contribution in [3.63, 3.8) is 0 Å². The van der Waals surface area contributed by atoms with Crippen LogP contribution in [-0.2, 0) is 14.3 Å². The fourth-order valence-corrected chi connectivity index (χ4v) is 3.67. The molecule has 2 rings (SSSR count). The third-order valence-electron chi connectivity index (χ3n) is 4.98. The van der Waals surface area contributed by atoms with E-state index in [0.29, 0.717) is 25.1 Å². The van der Waals surface area contributed by atoms with Crippen molar-refractivity contribution < 1.29 is 19.1 Å². The van der Waals surface area contributed by atoms with Crippen LogP contribution < -0.4 is 0 Å². The first kappa shape index (κ1) is 21.9. The summed E-state index contributed by atoms with van der Waals surface area (Å²) in [5, 5.41) is 0. The van der Waals surface area contributed by atoms with Crippen LogP contribution >= 0.6 is 0 Å². The van der Waals surface area contributed by atoms with E-state index in [9.17, 15) is 14.4 Å². The monoisotopic (exact) mass is 389 g/mol. The first-order chi connectivity index (χ1) is 13.2. The normalized spacial score (nSPS) is 18.1. The molecule has 7 nitrogen and oxygen atoms in total. The SMILES string of the molecule is CC(C)N(C(=O)[C@H](C)OC(=O)[C@@H]1CCCN(C(=O)c2ccncc2)C1)C(C)C. The van der Waals surface area contributed by atoms with Gasteiger partial charge in [0.2, 0.25) is 0 Å². The van der Waals surface area contributed by atoms with Gasteiger partial charge in [0, 0.05) is 43.1 Å². The topological polar surface area (TPSA) is 79.8 Å². The van der Waals surface area contributed by atoms with E-state index >= 15 is 0 Å². The molecule has 2 heterocycles. The maximum Gasteiger partial charge on any atom is 0.311 e. The molecule has 0 bridgehead atoms. The average Bonchev–Trinajstić information content (AvgIpc) is 2.67. The summed E-state index contributed by atoms with van der Waals surface area (Å²) in [6, 6.07) is 3.38. The molecule has 0 aromatic carbocycles. The molecule has 0 unspecified atom stereocenters. The first-order valence-corrected chi connectivity index (χ1v) is 9.94. The minimum Gasteiger partial charge on any atom is -0.452 e. The maximum absolute atomic E-state index is 12.7. The number of hydrogen-bond acceptors (Lipinski definition) is 5. The van der Waals surface area contributed by atoms with E-state index in [4.69, 9.17) is 4.74 Å². The highest BCUT2D eigenvalue weighted by Gasteiger charge is 2.33. The highest BCUT2D eigenvalue weighted by atomic mass is 16.5. The lowest BCUT2D eigenvalue weighted by Crippen LogP contribution is -2.48. The Hall–Kier alpha value is -2.44. The largest absolute Gasteiger partial charge is 0.452 e. The Morgan fingerprint density at radius 3 is 2.29 bits per heavy atom. The van der Waals surface area contributed by atoms with Crippen molar-refractivity contribution in [2.75, 3.05) is 13.1 Å². The van der Waals surface area contributed by atoms with E-state index in [1.165, 1.54) is 0 Å². The third-order valence-corrected chi connectivity index (χ3v) is 4.98. The molecule has 2 amide bonds. The molecule has 2 atom stereocenters. The fraction of sp³-hybridized carbons (Fsp3) is 0.619. The van der Waals surface area contributed by atoms with Gasteiger partial charge < -0.3 is 14.5 Å². The maximum atomic E-state index is 12.7. The Labute approximate surface area is 167 Å². The van der Waals surface area contributed by atoms with Crippen LogP contribution in [0.15, 0.2) is 24.5 Å². The van der Waals surface area contributed by atoms with Crippen molar-refractivity contribution in [2.24, 2.45) is 5.92 Å². The molecule has 0 radical (unpaired) electrons. The minimum atomic E-state index is -0.844. The number of hydrogen-bond donors (Lipinski definition) is 0. The number of nitrogens with zero attached hydrogens (tertiary/aromatic N) is 3. The lowest BCUT2D eigenvalue weighted by atomic mass is 9.97. The second kappa shape index (κ2) is 9.66. The third kappa shape index (κ3) is 5.30. The van der Waals surface area contributed by atoms with E-state index in [0.717, 1.165) is 6.42 Å². The van der Waals surface area contributed by atoms with E-state index in [2.05, 4.69) is 4.98 Å². The summed E-state index contributed by atoms with van der Waals surface area (Å²) in [7, 11) is 0. The number of aromatic nitrogens is 1. The van der Waals surface area contributed by atoms with Crippen LogP contribution in [0.4, 0.5) is 0 Å². The van der Waals surface area contributed by atoms with Gasteiger partial charge in [-0.1, -0.05) is 0 Å². The minimum absolute atomic E-state index is 0.0248. The number of pyridine rings is 1. The zero-order valence-electron chi connectivity index (χ0n) is 17.4. The molecular weight excluding hydrogens is 358 g/mol. The van der Waals surface area contributed by atoms with Crippen molar-refractivity contribution in [3.8, 4) is 0 Å². The molecule has 0 N–H and O–H groups in total. The molecule has 28 heavy (non-hydrogen) atoms. The molecular formula is C21H31N3O4. The van der Waals surface area contributed by atoms with Crippen molar-refractivity contribution in [1.29, 1.82) is 0 Å². The van der Waals surface area contributed by atoms with Crippen LogP contribution in [0, 0.1) is 5.92 Å². The second-order valence-electron chi connectivity index (χ2n) is 7.84. The number of esters is 1. The Morgan fingerprint density at radius 2 is 1.71 bits per heavy atom. The van der Waals surface area contributed by atoms with Gasteiger partial charge in [0.25, 0.3) is 11.8 Å². The number of ether oxygens (including phenoxy) is 1. The predicted octanol–water partition coefficient (Wildman–Crippen LogP) is 2.51. The van der Waals surface area contributed by atoms with Gasteiger partial charge in [-0.15, -0.1) is 0 Å². The average molecular weight is 389 g/mol. The molecule has 1 aliphatic heterocycles. The van der Waals surface area contributed by atoms with Crippen molar-refractivity contribution in [2.45, 2.75) is 65.6 Å².